The summed E-state index contributed by atoms with van der Waals surface area (Å²) in [6.07, 6.45) is 2.66. The molecule has 108 valence electrons. The van der Waals surface area contributed by atoms with Crippen molar-refractivity contribution in [3.8, 4) is 27.9 Å². The second-order valence-electron chi connectivity index (χ2n) is 4.59. The molecule has 0 aliphatic heterocycles. The summed E-state index contributed by atoms with van der Waals surface area (Å²) < 4.78 is 13.2. The van der Waals surface area contributed by atoms with E-state index in [0.29, 0.717) is 27.5 Å². The van der Waals surface area contributed by atoms with Crippen LogP contribution in [-0.4, -0.2) is 15.0 Å². The summed E-state index contributed by atoms with van der Waals surface area (Å²) in [6.45, 7) is 1.74. The van der Waals surface area contributed by atoms with Gasteiger partial charge in [0.2, 0.25) is 0 Å². The number of hydrogen-bond donors (Lipinski definition) is 1. The minimum absolute atomic E-state index is 0.0302. The Kier molecular flexibility index (Phi) is 3.53. The summed E-state index contributed by atoms with van der Waals surface area (Å²) in [6, 6.07) is 4.72. The number of hydrogen-bond acceptors (Lipinski definition) is 5. The number of thiazole rings is 1. The molecule has 0 aromatic carbocycles. The summed E-state index contributed by atoms with van der Waals surface area (Å²) in [4.78, 5) is 22.4. The van der Waals surface area contributed by atoms with Crippen molar-refractivity contribution in [3.05, 3.63) is 57.3 Å². The van der Waals surface area contributed by atoms with Crippen molar-refractivity contribution in [3.63, 3.8) is 0 Å². The Morgan fingerprint density at radius 1 is 1.36 bits per heavy atom. The van der Waals surface area contributed by atoms with Crippen molar-refractivity contribution in [1.29, 1.82) is 5.26 Å². The summed E-state index contributed by atoms with van der Waals surface area (Å²) in [5.74, 6) is -0.429. The van der Waals surface area contributed by atoms with Crippen LogP contribution in [0.25, 0.3) is 21.8 Å². The van der Waals surface area contributed by atoms with Gasteiger partial charge >= 0.3 is 0 Å². The smallest absolute Gasteiger partial charge is 0.266 e. The van der Waals surface area contributed by atoms with Crippen LogP contribution in [0.1, 0.15) is 11.3 Å². The Labute approximate surface area is 128 Å². The summed E-state index contributed by atoms with van der Waals surface area (Å²) in [5.41, 5.74) is 2.10. The molecule has 0 amide bonds. The number of halogens is 1. The molecule has 22 heavy (non-hydrogen) atoms. The maximum Gasteiger partial charge on any atom is 0.266 e. The number of nitrogens with zero attached hydrogens (tertiary/aromatic N) is 3. The van der Waals surface area contributed by atoms with E-state index in [1.165, 1.54) is 29.7 Å². The molecule has 0 spiro atoms. The van der Waals surface area contributed by atoms with Gasteiger partial charge in [-0.15, -0.1) is 11.3 Å². The van der Waals surface area contributed by atoms with Crippen LogP contribution in [0.3, 0.4) is 0 Å². The first-order valence-corrected chi connectivity index (χ1v) is 7.17. The molecule has 3 aromatic rings. The van der Waals surface area contributed by atoms with E-state index in [9.17, 15) is 9.18 Å². The zero-order valence-corrected chi connectivity index (χ0v) is 12.2. The fraction of sp³-hybridized carbons (Fsp3) is 0.0667. The quantitative estimate of drug-likeness (QED) is 0.788. The molecule has 0 fully saturated rings. The van der Waals surface area contributed by atoms with Crippen LogP contribution in [0.4, 0.5) is 4.39 Å². The van der Waals surface area contributed by atoms with E-state index in [0.717, 1.165) is 6.20 Å². The fourth-order valence-electron chi connectivity index (χ4n) is 2.03. The molecule has 0 saturated carbocycles. The van der Waals surface area contributed by atoms with E-state index in [1.807, 2.05) is 6.07 Å². The standard InChI is InChI=1S/C15H9FN4OS/c1-8-12(3-9(4-17)14(21)19-8)13-7-22-15(20-13)10-2-11(16)6-18-5-10/h2-3,5-7H,1H3,(H,19,21). The highest BCUT2D eigenvalue weighted by atomic mass is 32.1. The third-order valence-corrected chi connectivity index (χ3v) is 3.98. The van der Waals surface area contributed by atoms with Crippen LogP contribution in [0.5, 0.6) is 0 Å². The van der Waals surface area contributed by atoms with Gasteiger partial charge in [0, 0.05) is 28.4 Å². The zero-order valence-electron chi connectivity index (χ0n) is 11.4. The molecule has 3 rings (SSSR count). The Morgan fingerprint density at radius 2 is 2.18 bits per heavy atom. The Morgan fingerprint density at radius 3 is 2.91 bits per heavy atom. The van der Waals surface area contributed by atoms with Gasteiger partial charge < -0.3 is 4.98 Å². The molecule has 0 bridgehead atoms. The molecular weight excluding hydrogens is 303 g/mol. The second kappa shape index (κ2) is 5.50. The molecule has 0 aliphatic carbocycles. The van der Waals surface area contributed by atoms with Crippen molar-refractivity contribution in [2.45, 2.75) is 6.92 Å². The summed E-state index contributed by atoms with van der Waals surface area (Å²) >= 11 is 1.34. The van der Waals surface area contributed by atoms with Crippen molar-refractivity contribution < 1.29 is 4.39 Å². The number of aryl methyl sites for hydroxylation is 1. The average molecular weight is 312 g/mol. The first-order chi connectivity index (χ1) is 10.6. The van der Waals surface area contributed by atoms with Crippen LogP contribution >= 0.6 is 11.3 Å². The molecule has 0 radical (unpaired) electrons. The maximum absolute atomic E-state index is 13.2. The first kappa shape index (κ1) is 14.1. The van der Waals surface area contributed by atoms with Gasteiger partial charge in [0.1, 0.15) is 22.5 Å². The van der Waals surface area contributed by atoms with Crippen LogP contribution in [0, 0.1) is 24.1 Å². The lowest BCUT2D eigenvalue weighted by Gasteiger charge is -2.02. The summed E-state index contributed by atoms with van der Waals surface area (Å²) in [5, 5.41) is 11.4. The molecule has 3 heterocycles. The number of aromatic amines is 1. The monoisotopic (exact) mass is 312 g/mol. The van der Waals surface area contributed by atoms with Gasteiger partial charge in [0.15, 0.2) is 0 Å². The predicted molar refractivity (Wildman–Crippen MR) is 80.8 cm³/mol. The topological polar surface area (TPSA) is 82.4 Å². The number of nitrogens with one attached hydrogen (secondary N) is 1. The largest absolute Gasteiger partial charge is 0.325 e. The average Bonchev–Trinajstić information content (AvgIpc) is 2.97. The normalized spacial score (nSPS) is 10.4. The highest BCUT2D eigenvalue weighted by molar-refractivity contribution is 7.13. The van der Waals surface area contributed by atoms with Crippen LogP contribution < -0.4 is 5.56 Å². The molecule has 5 nitrogen and oxygen atoms in total. The third kappa shape index (κ3) is 2.52. The second-order valence-corrected chi connectivity index (χ2v) is 5.45. The van der Waals surface area contributed by atoms with E-state index >= 15 is 0 Å². The van der Waals surface area contributed by atoms with Crippen molar-refractivity contribution in [2.24, 2.45) is 0 Å². The van der Waals surface area contributed by atoms with Gasteiger partial charge in [-0.2, -0.15) is 5.26 Å². The van der Waals surface area contributed by atoms with Gasteiger partial charge in [-0.1, -0.05) is 0 Å². The highest BCUT2D eigenvalue weighted by Crippen LogP contribution is 2.29. The molecule has 0 saturated heterocycles. The molecular formula is C15H9FN4OS. The summed E-state index contributed by atoms with van der Waals surface area (Å²) in [7, 11) is 0. The number of nitriles is 1. The number of aromatic nitrogens is 3. The van der Waals surface area contributed by atoms with Gasteiger partial charge in [-0.25, -0.2) is 9.37 Å². The molecule has 1 N–H and O–H groups in total. The van der Waals surface area contributed by atoms with E-state index < -0.39 is 11.4 Å². The minimum atomic E-state index is -0.429. The minimum Gasteiger partial charge on any atom is -0.325 e. The maximum atomic E-state index is 13.2. The molecule has 3 aromatic heterocycles. The Bertz CT molecular complexity index is 955. The van der Waals surface area contributed by atoms with Gasteiger partial charge in [0.05, 0.1) is 11.9 Å². The number of rotatable bonds is 2. The van der Waals surface area contributed by atoms with Gasteiger partial charge in [-0.3, -0.25) is 9.78 Å². The fourth-order valence-corrected chi connectivity index (χ4v) is 2.83. The van der Waals surface area contributed by atoms with Crippen molar-refractivity contribution in [1.82, 2.24) is 15.0 Å². The lowest BCUT2D eigenvalue weighted by atomic mass is 10.1. The SMILES string of the molecule is Cc1[nH]c(=O)c(C#N)cc1-c1csc(-c2cncc(F)c2)n1. The van der Waals surface area contributed by atoms with Crippen molar-refractivity contribution in [2.75, 3.05) is 0 Å². The van der Waals surface area contributed by atoms with E-state index in [1.54, 1.807) is 12.3 Å². The Balaban J connectivity index is 2.09. The number of pyridine rings is 2. The molecule has 0 unspecified atom stereocenters. The third-order valence-electron chi connectivity index (χ3n) is 3.09. The van der Waals surface area contributed by atoms with Gasteiger partial charge in [0.25, 0.3) is 5.56 Å². The Hall–Kier alpha value is -2.85. The van der Waals surface area contributed by atoms with E-state index in [2.05, 4.69) is 15.0 Å². The first-order valence-electron chi connectivity index (χ1n) is 6.29. The zero-order chi connectivity index (χ0) is 15.7. The van der Waals surface area contributed by atoms with Crippen LogP contribution in [0.15, 0.2) is 34.7 Å². The lowest BCUT2D eigenvalue weighted by molar-refractivity contribution is 0.622. The van der Waals surface area contributed by atoms with Crippen LogP contribution in [-0.2, 0) is 0 Å². The van der Waals surface area contributed by atoms with E-state index in [4.69, 9.17) is 5.26 Å². The highest BCUT2D eigenvalue weighted by Gasteiger charge is 2.12. The number of H-pyrrole nitrogens is 1. The van der Waals surface area contributed by atoms with Gasteiger partial charge in [-0.05, 0) is 19.1 Å². The molecule has 0 atom stereocenters. The predicted octanol–water partition coefficient (Wildman–Crippen LogP) is 2.88. The van der Waals surface area contributed by atoms with Crippen LogP contribution in [0.2, 0.25) is 0 Å². The van der Waals surface area contributed by atoms with E-state index in [-0.39, 0.29) is 5.56 Å². The lowest BCUT2D eigenvalue weighted by Crippen LogP contribution is -2.11. The van der Waals surface area contributed by atoms with Crippen molar-refractivity contribution >= 4 is 11.3 Å². The molecule has 7 heteroatoms. The molecule has 0 aliphatic rings.